The number of hydrogen-bond acceptors (Lipinski definition) is 2. The van der Waals surface area contributed by atoms with E-state index < -0.39 is 0 Å². The van der Waals surface area contributed by atoms with Crippen LogP contribution in [0.4, 0.5) is 0 Å². The first kappa shape index (κ1) is 15.0. The van der Waals surface area contributed by atoms with E-state index >= 15 is 0 Å². The molecule has 0 radical (unpaired) electrons. The molecule has 1 aromatic rings. The molecule has 18 heavy (non-hydrogen) atoms. The lowest BCUT2D eigenvalue weighted by Gasteiger charge is -2.23. The topological polar surface area (TPSA) is 21.3 Å². The van der Waals surface area contributed by atoms with Crippen LogP contribution in [0.25, 0.3) is 0 Å². The zero-order valence-electron chi connectivity index (χ0n) is 12.4. The molecule has 1 atom stereocenters. The molecule has 0 aliphatic carbocycles. The molecule has 0 aliphatic heterocycles. The summed E-state index contributed by atoms with van der Waals surface area (Å²) in [6.07, 6.45) is 1.11. The summed E-state index contributed by atoms with van der Waals surface area (Å²) in [5.41, 5.74) is 1.36. The quantitative estimate of drug-likeness (QED) is 0.798. The van der Waals surface area contributed by atoms with Crippen LogP contribution in [0.5, 0.6) is 5.75 Å². The summed E-state index contributed by atoms with van der Waals surface area (Å²) in [6, 6.07) is 8.95. The van der Waals surface area contributed by atoms with Gasteiger partial charge >= 0.3 is 0 Å². The smallest absolute Gasteiger partial charge is 0.119 e. The molecular weight excluding hydrogens is 222 g/mol. The summed E-state index contributed by atoms with van der Waals surface area (Å²) in [4.78, 5) is 0. The average molecular weight is 249 g/mol. The van der Waals surface area contributed by atoms with E-state index in [0.29, 0.717) is 17.9 Å². The maximum Gasteiger partial charge on any atom is 0.119 e. The van der Waals surface area contributed by atoms with Gasteiger partial charge in [0, 0.05) is 6.04 Å². The van der Waals surface area contributed by atoms with Gasteiger partial charge in [-0.25, -0.2) is 0 Å². The van der Waals surface area contributed by atoms with Crippen molar-refractivity contribution < 1.29 is 4.74 Å². The maximum atomic E-state index is 5.28. The zero-order valence-corrected chi connectivity index (χ0v) is 12.4. The van der Waals surface area contributed by atoms with Gasteiger partial charge in [-0.1, -0.05) is 39.8 Å². The molecule has 1 unspecified atom stereocenters. The van der Waals surface area contributed by atoms with E-state index in [-0.39, 0.29) is 0 Å². The summed E-state index contributed by atoms with van der Waals surface area (Å²) in [5.74, 6) is 2.30. The predicted octanol–water partition coefficient (Wildman–Crippen LogP) is 3.51. The first-order valence-electron chi connectivity index (χ1n) is 6.89. The molecule has 0 heterocycles. The van der Waals surface area contributed by atoms with Gasteiger partial charge in [0.05, 0.1) is 7.11 Å². The van der Waals surface area contributed by atoms with Crippen molar-refractivity contribution in [2.24, 2.45) is 11.8 Å². The molecule has 0 saturated heterocycles. The number of methoxy groups -OCH3 is 1. The van der Waals surface area contributed by atoms with Crippen molar-refractivity contribution in [1.29, 1.82) is 0 Å². The highest BCUT2D eigenvalue weighted by atomic mass is 16.5. The molecule has 2 heteroatoms. The van der Waals surface area contributed by atoms with Crippen molar-refractivity contribution in [3.05, 3.63) is 29.8 Å². The minimum atomic E-state index is 0.552. The second-order valence-electron chi connectivity index (χ2n) is 5.62. The molecular formula is C16H27NO. The molecule has 1 rings (SSSR count). The molecule has 1 N–H and O–H groups in total. The van der Waals surface area contributed by atoms with Gasteiger partial charge < -0.3 is 10.1 Å². The van der Waals surface area contributed by atoms with Crippen molar-refractivity contribution in [3.8, 4) is 5.75 Å². The van der Waals surface area contributed by atoms with Gasteiger partial charge in [-0.15, -0.1) is 0 Å². The van der Waals surface area contributed by atoms with E-state index in [2.05, 4.69) is 51.2 Å². The Morgan fingerprint density at radius 3 is 2.44 bits per heavy atom. The number of rotatable bonds is 7. The number of nitrogens with one attached hydrogen (secondary N) is 1. The third kappa shape index (κ3) is 5.09. The lowest BCUT2D eigenvalue weighted by molar-refractivity contribution is 0.348. The Labute approximate surface area is 112 Å². The van der Waals surface area contributed by atoms with Crippen molar-refractivity contribution in [1.82, 2.24) is 5.32 Å². The van der Waals surface area contributed by atoms with Crippen LogP contribution in [-0.4, -0.2) is 19.7 Å². The molecule has 0 bridgehead atoms. The van der Waals surface area contributed by atoms with Crippen LogP contribution in [0, 0.1) is 11.8 Å². The molecule has 0 aromatic heterocycles. The Balaban J connectivity index is 2.64. The second kappa shape index (κ2) is 7.42. The van der Waals surface area contributed by atoms with E-state index in [1.807, 2.05) is 6.07 Å². The minimum Gasteiger partial charge on any atom is -0.497 e. The van der Waals surface area contributed by atoms with E-state index in [1.165, 1.54) is 5.56 Å². The summed E-state index contributed by atoms with van der Waals surface area (Å²) in [6.45, 7) is 10.1. The van der Waals surface area contributed by atoms with Gasteiger partial charge in [-0.3, -0.25) is 0 Å². The van der Waals surface area contributed by atoms with Crippen molar-refractivity contribution in [2.75, 3.05) is 13.7 Å². The molecule has 0 amide bonds. The standard InChI is InChI=1S/C16H27NO/c1-12(2)15(11-17-13(3)4)9-14-7-6-8-16(10-14)18-5/h6-8,10,12-13,15,17H,9,11H2,1-5H3. The minimum absolute atomic E-state index is 0.552. The average Bonchev–Trinajstić information content (AvgIpc) is 2.34. The first-order valence-corrected chi connectivity index (χ1v) is 6.89. The van der Waals surface area contributed by atoms with Crippen molar-refractivity contribution >= 4 is 0 Å². The second-order valence-corrected chi connectivity index (χ2v) is 5.62. The summed E-state index contributed by atoms with van der Waals surface area (Å²) in [5, 5.41) is 3.54. The zero-order chi connectivity index (χ0) is 13.5. The van der Waals surface area contributed by atoms with Crippen molar-refractivity contribution in [3.63, 3.8) is 0 Å². The molecule has 1 aromatic carbocycles. The van der Waals surface area contributed by atoms with Gasteiger partial charge in [0.1, 0.15) is 5.75 Å². The van der Waals surface area contributed by atoms with Crippen LogP contribution in [0.2, 0.25) is 0 Å². The van der Waals surface area contributed by atoms with Gasteiger partial charge in [-0.2, -0.15) is 0 Å². The van der Waals surface area contributed by atoms with Crippen LogP contribution in [0.3, 0.4) is 0 Å². The lowest BCUT2D eigenvalue weighted by atomic mass is 9.89. The first-order chi connectivity index (χ1) is 8.52. The monoisotopic (exact) mass is 249 g/mol. The number of ether oxygens (including phenoxy) is 1. The highest BCUT2D eigenvalue weighted by molar-refractivity contribution is 5.28. The fraction of sp³-hybridized carbons (Fsp3) is 0.625. The fourth-order valence-electron chi connectivity index (χ4n) is 2.03. The third-order valence-corrected chi connectivity index (χ3v) is 3.36. The third-order valence-electron chi connectivity index (χ3n) is 3.36. The number of benzene rings is 1. The lowest BCUT2D eigenvalue weighted by Crippen LogP contribution is -2.32. The Morgan fingerprint density at radius 1 is 1.17 bits per heavy atom. The van der Waals surface area contributed by atoms with Gasteiger partial charge in [0.15, 0.2) is 0 Å². The van der Waals surface area contributed by atoms with Crippen LogP contribution in [0.15, 0.2) is 24.3 Å². The summed E-state index contributed by atoms with van der Waals surface area (Å²) in [7, 11) is 1.72. The Hall–Kier alpha value is -1.02. The van der Waals surface area contributed by atoms with Crippen LogP contribution >= 0.6 is 0 Å². The van der Waals surface area contributed by atoms with Crippen LogP contribution in [0.1, 0.15) is 33.3 Å². The van der Waals surface area contributed by atoms with Gasteiger partial charge in [0.2, 0.25) is 0 Å². The van der Waals surface area contributed by atoms with Crippen LogP contribution in [-0.2, 0) is 6.42 Å². The highest BCUT2D eigenvalue weighted by Gasteiger charge is 2.14. The van der Waals surface area contributed by atoms with Gasteiger partial charge in [0.25, 0.3) is 0 Å². The van der Waals surface area contributed by atoms with E-state index in [0.717, 1.165) is 18.7 Å². The molecule has 2 nitrogen and oxygen atoms in total. The SMILES string of the molecule is COc1cccc(CC(CNC(C)C)C(C)C)c1. The fourth-order valence-corrected chi connectivity index (χ4v) is 2.03. The molecule has 0 spiro atoms. The summed E-state index contributed by atoms with van der Waals surface area (Å²) >= 11 is 0. The molecule has 0 saturated carbocycles. The van der Waals surface area contributed by atoms with E-state index in [4.69, 9.17) is 4.74 Å². The van der Waals surface area contributed by atoms with Gasteiger partial charge in [-0.05, 0) is 42.5 Å². The Bertz CT molecular complexity index is 347. The molecule has 0 aliphatic rings. The number of hydrogen-bond donors (Lipinski definition) is 1. The maximum absolute atomic E-state index is 5.28. The molecule has 102 valence electrons. The summed E-state index contributed by atoms with van der Waals surface area (Å²) < 4.78 is 5.28. The predicted molar refractivity (Wildman–Crippen MR) is 78.2 cm³/mol. The largest absolute Gasteiger partial charge is 0.497 e. The molecule has 0 fully saturated rings. The van der Waals surface area contributed by atoms with Crippen molar-refractivity contribution in [2.45, 2.75) is 40.2 Å². The Morgan fingerprint density at radius 2 is 1.89 bits per heavy atom. The van der Waals surface area contributed by atoms with E-state index in [1.54, 1.807) is 7.11 Å². The Kier molecular flexibility index (Phi) is 6.20. The highest BCUT2D eigenvalue weighted by Crippen LogP contribution is 2.20. The van der Waals surface area contributed by atoms with E-state index in [9.17, 15) is 0 Å². The normalized spacial score (nSPS) is 13.1. The van der Waals surface area contributed by atoms with Crippen LogP contribution < -0.4 is 10.1 Å².